The van der Waals surface area contributed by atoms with Gasteiger partial charge in [0.1, 0.15) is 5.82 Å². The van der Waals surface area contributed by atoms with E-state index in [1.807, 2.05) is 0 Å². The Balaban J connectivity index is 1.91. The van der Waals surface area contributed by atoms with Gasteiger partial charge in [0.2, 0.25) is 5.91 Å². The molecule has 2 N–H and O–H groups in total. The first-order chi connectivity index (χ1) is 11.3. The third kappa shape index (κ3) is 5.13. The van der Waals surface area contributed by atoms with E-state index in [2.05, 4.69) is 10.6 Å². The summed E-state index contributed by atoms with van der Waals surface area (Å²) in [7, 11) is 0. The Kier molecular flexibility index (Phi) is 5.66. The third-order valence-electron chi connectivity index (χ3n) is 3.06. The molecule has 24 heavy (non-hydrogen) atoms. The molecule has 0 heterocycles. The van der Waals surface area contributed by atoms with Crippen molar-refractivity contribution in [3.63, 3.8) is 0 Å². The zero-order chi connectivity index (χ0) is 17.7. The fourth-order valence-electron chi connectivity index (χ4n) is 1.96. The van der Waals surface area contributed by atoms with Gasteiger partial charge >= 0.3 is 6.18 Å². The van der Waals surface area contributed by atoms with Gasteiger partial charge in [0, 0.05) is 24.3 Å². The van der Waals surface area contributed by atoms with E-state index in [1.165, 1.54) is 24.3 Å². The van der Waals surface area contributed by atoms with Gasteiger partial charge in [0.15, 0.2) is 0 Å². The largest absolute Gasteiger partial charge is 0.417 e. The van der Waals surface area contributed by atoms with Crippen LogP contribution < -0.4 is 10.6 Å². The molecule has 0 saturated carbocycles. The average molecular weight is 361 g/mol. The van der Waals surface area contributed by atoms with Gasteiger partial charge in [-0.2, -0.15) is 13.2 Å². The van der Waals surface area contributed by atoms with Crippen LogP contribution in [0.3, 0.4) is 0 Å². The molecule has 0 aliphatic heterocycles. The number of alkyl halides is 3. The lowest BCUT2D eigenvalue weighted by Gasteiger charge is -2.12. The SMILES string of the molecule is O=C(CCNc1cccc(F)c1)Nc1ccc(Cl)c(C(F)(F)F)c1. The van der Waals surface area contributed by atoms with E-state index in [-0.39, 0.29) is 18.7 Å². The molecular formula is C16H13ClF4N2O. The maximum Gasteiger partial charge on any atom is 0.417 e. The topological polar surface area (TPSA) is 41.1 Å². The second-order valence-corrected chi connectivity index (χ2v) is 5.33. The van der Waals surface area contributed by atoms with Crippen molar-refractivity contribution >= 4 is 28.9 Å². The van der Waals surface area contributed by atoms with Crippen LogP contribution in [0.1, 0.15) is 12.0 Å². The van der Waals surface area contributed by atoms with E-state index in [1.54, 1.807) is 6.07 Å². The number of hydrogen-bond acceptors (Lipinski definition) is 2. The summed E-state index contributed by atoms with van der Waals surface area (Å²) < 4.78 is 51.2. The van der Waals surface area contributed by atoms with Crippen molar-refractivity contribution < 1.29 is 22.4 Å². The summed E-state index contributed by atoms with van der Waals surface area (Å²) in [5, 5.41) is 4.78. The van der Waals surface area contributed by atoms with Crippen molar-refractivity contribution in [2.24, 2.45) is 0 Å². The number of halogens is 5. The molecule has 2 aromatic carbocycles. The molecule has 0 saturated heterocycles. The molecule has 0 atom stereocenters. The fraction of sp³-hybridized carbons (Fsp3) is 0.188. The molecule has 128 valence electrons. The summed E-state index contributed by atoms with van der Waals surface area (Å²) in [6, 6.07) is 8.85. The minimum absolute atomic E-state index is 0.000487. The number of amides is 1. The molecule has 1 amide bonds. The monoisotopic (exact) mass is 360 g/mol. The highest BCUT2D eigenvalue weighted by Crippen LogP contribution is 2.36. The minimum Gasteiger partial charge on any atom is -0.384 e. The number of anilines is 2. The van der Waals surface area contributed by atoms with Crippen molar-refractivity contribution in [3.8, 4) is 0 Å². The van der Waals surface area contributed by atoms with Crippen LogP contribution in [-0.4, -0.2) is 12.5 Å². The Bertz CT molecular complexity index is 734. The van der Waals surface area contributed by atoms with Crippen LogP contribution in [0, 0.1) is 5.82 Å². The van der Waals surface area contributed by atoms with Crippen molar-refractivity contribution in [1.82, 2.24) is 0 Å². The Hall–Kier alpha value is -2.28. The predicted molar refractivity (Wildman–Crippen MR) is 84.6 cm³/mol. The maximum atomic E-state index is 13.0. The van der Waals surface area contributed by atoms with E-state index in [9.17, 15) is 22.4 Å². The van der Waals surface area contributed by atoms with Crippen LogP contribution in [0.5, 0.6) is 0 Å². The lowest BCUT2D eigenvalue weighted by molar-refractivity contribution is -0.137. The van der Waals surface area contributed by atoms with Gasteiger partial charge in [-0.1, -0.05) is 17.7 Å². The molecule has 0 radical (unpaired) electrons. The molecule has 0 fully saturated rings. The smallest absolute Gasteiger partial charge is 0.384 e. The van der Waals surface area contributed by atoms with Crippen molar-refractivity contribution in [2.75, 3.05) is 17.2 Å². The number of hydrogen-bond donors (Lipinski definition) is 2. The minimum atomic E-state index is -4.60. The molecule has 0 aliphatic rings. The van der Waals surface area contributed by atoms with Gasteiger partial charge in [-0.05, 0) is 36.4 Å². The molecule has 0 aliphatic carbocycles. The summed E-state index contributed by atoms with van der Waals surface area (Å²) in [4.78, 5) is 11.8. The van der Waals surface area contributed by atoms with Gasteiger partial charge in [0.05, 0.1) is 10.6 Å². The van der Waals surface area contributed by atoms with Gasteiger partial charge in [-0.15, -0.1) is 0 Å². The van der Waals surface area contributed by atoms with E-state index in [0.717, 1.165) is 12.1 Å². The average Bonchev–Trinajstić information content (AvgIpc) is 2.48. The van der Waals surface area contributed by atoms with E-state index in [0.29, 0.717) is 5.69 Å². The summed E-state index contributed by atoms with van der Waals surface area (Å²) >= 11 is 5.51. The number of benzene rings is 2. The van der Waals surface area contributed by atoms with Crippen molar-refractivity contribution in [1.29, 1.82) is 0 Å². The summed E-state index contributed by atoms with van der Waals surface area (Å²) in [5.74, 6) is -0.889. The first-order valence-electron chi connectivity index (χ1n) is 6.92. The maximum absolute atomic E-state index is 13.0. The zero-order valence-electron chi connectivity index (χ0n) is 12.3. The van der Waals surface area contributed by atoms with Crippen molar-refractivity contribution in [2.45, 2.75) is 12.6 Å². The van der Waals surface area contributed by atoms with E-state index in [4.69, 9.17) is 11.6 Å². The molecule has 0 aromatic heterocycles. The van der Waals surface area contributed by atoms with Crippen LogP contribution in [0.15, 0.2) is 42.5 Å². The molecule has 8 heteroatoms. The van der Waals surface area contributed by atoms with Crippen molar-refractivity contribution in [3.05, 3.63) is 58.9 Å². The summed E-state index contributed by atoms with van der Waals surface area (Å²) in [6.45, 7) is 0.203. The van der Waals surface area contributed by atoms with Crippen LogP contribution in [0.2, 0.25) is 5.02 Å². The Morgan fingerprint density at radius 2 is 1.83 bits per heavy atom. The second-order valence-electron chi connectivity index (χ2n) is 4.93. The van der Waals surface area contributed by atoms with Gasteiger partial charge in [-0.25, -0.2) is 4.39 Å². The second kappa shape index (κ2) is 7.53. The predicted octanol–water partition coefficient (Wildman–Crippen LogP) is 4.94. The first-order valence-corrected chi connectivity index (χ1v) is 7.29. The molecule has 3 nitrogen and oxygen atoms in total. The number of rotatable bonds is 5. The van der Waals surface area contributed by atoms with E-state index >= 15 is 0 Å². The van der Waals surface area contributed by atoms with Crippen LogP contribution >= 0.6 is 11.6 Å². The molecule has 0 unspecified atom stereocenters. The summed E-state index contributed by atoms with van der Waals surface area (Å²) in [5.41, 5.74) is -0.504. The van der Waals surface area contributed by atoms with Crippen LogP contribution in [0.4, 0.5) is 28.9 Å². The molecule has 0 spiro atoms. The number of carbonyl (C=O) groups excluding carboxylic acids is 1. The normalized spacial score (nSPS) is 11.2. The first kappa shape index (κ1) is 18.1. The zero-order valence-corrected chi connectivity index (χ0v) is 13.0. The lowest BCUT2D eigenvalue weighted by Crippen LogP contribution is -2.17. The highest BCUT2D eigenvalue weighted by molar-refractivity contribution is 6.31. The van der Waals surface area contributed by atoms with Gasteiger partial charge < -0.3 is 10.6 Å². The molecule has 2 rings (SSSR count). The fourth-order valence-corrected chi connectivity index (χ4v) is 2.19. The Morgan fingerprint density at radius 3 is 2.50 bits per heavy atom. The quantitative estimate of drug-likeness (QED) is 0.742. The molecule has 0 bridgehead atoms. The Morgan fingerprint density at radius 1 is 1.08 bits per heavy atom. The molecular weight excluding hydrogens is 348 g/mol. The van der Waals surface area contributed by atoms with Crippen LogP contribution in [0.25, 0.3) is 0 Å². The highest BCUT2D eigenvalue weighted by atomic mass is 35.5. The molecule has 2 aromatic rings. The lowest BCUT2D eigenvalue weighted by atomic mass is 10.2. The number of carbonyl (C=O) groups is 1. The van der Waals surface area contributed by atoms with Gasteiger partial charge in [0.25, 0.3) is 0 Å². The Labute approximate surface area is 140 Å². The van der Waals surface area contributed by atoms with Gasteiger partial charge in [-0.3, -0.25) is 4.79 Å². The third-order valence-corrected chi connectivity index (χ3v) is 3.39. The number of nitrogens with one attached hydrogen (secondary N) is 2. The standard InChI is InChI=1S/C16H13ClF4N2O/c17-14-5-4-12(9-13(14)16(19,20)21)23-15(24)6-7-22-11-3-1-2-10(18)8-11/h1-5,8-9,22H,6-7H2,(H,23,24). The van der Waals surface area contributed by atoms with Crippen LogP contribution in [-0.2, 0) is 11.0 Å². The summed E-state index contributed by atoms with van der Waals surface area (Å²) in [6.07, 6.45) is -4.60. The highest BCUT2D eigenvalue weighted by Gasteiger charge is 2.33. The van der Waals surface area contributed by atoms with E-state index < -0.39 is 28.5 Å².